The number of aromatic nitrogens is 3. The van der Waals surface area contributed by atoms with Gasteiger partial charge in [-0.3, -0.25) is 9.36 Å². The number of carbonyl (C=O) groups excluding carboxylic acids is 1. The fourth-order valence-electron chi connectivity index (χ4n) is 3.48. The van der Waals surface area contributed by atoms with Crippen molar-refractivity contribution in [3.8, 4) is 16.9 Å². The maximum absolute atomic E-state index is 13.2. The zero-order chi connectivity index (χ0) is 24.6. The zero-order valence-corrected chi connectivity index (χ0v) is 18.6. The second kappa shape index (κ2) is 8.75. The van der Waals surface area contributed by atoms with E-state index in [1.807, 2.05) is 0 Å². The first-order valence-corrected chi connectivity index (χ1v) is 10.5. The number of nitrogens with zero attached hydrogens (tertiary/aromatic N) is 3. The van der Waals surface area contributed by atoms with Gasteiger partial charge in [0.1, 0.15) is 5.69 Å². The van der Waals surface area contributed by atoms with E-state index in [9.17, 15) is 27.6 Å². The molecule has 0 fully saturated rings. The van der Waals surface area contributed by atoms with Gasteiger partial charge in [0, 0.05) is 30.1 Å². The van der Waals surface area contributed by atoms with E-state index in [2.05, 4.69) is 9.11 Å². The molecule has 0 aliphatic heterocycles. The fourth-order valence-corrected chi connectivity index (χ4v) is 4.25. The lowest BCUT2D eigenvalue weighted by Crippen LogP contribution is -2.40. The molecule has 2 heterocycles. The normalized spacial score (nSPS) is 11.9. The van der Waals surface area contributed by atoms with Gasteiger partial charge in [-0.1, -0.05) is 24.3 Å². The zero-order valence-electron chi connectivity index (χ0n) is 17.8. The van der Waals surface area contributed by atoms with E-state index in [-0.39, 0.29) is 5.69 Å². The molecule has 34 heavy (non-hydrogen) atoms. The molecule has 0 saturated heterocycles. The van der Waals surface area contributed by atoms with Gasteiger partial charge in [-0.05, 0) is 41.4 Å². The smallest absolute Gasteiger partial charge is 0.431 e. The minimum absolute atomic E-state index is 0.107. The predicted molar refractivity (Wildman–Crippen MR) is 122 cm³/mol. The summed E-state index contributed by atoms with van der Waals surface area (Å²) in [7, 11) is 2.22. The molecule has 0 aliphatic carbocycles. The molecule has 2 aromatic heterocycles. The van der Waals surface area contributed by atoms with Crippen LogP contribution < -0.4 is 11.2 Å². The van der Waals surface area contributed by atoms with Crippen LogP contribution in [0.3, 0.4) is 0 Å². The lowest BCUT2D eigenvalue weighted by Gasteiger charge is -2.14. The first-order chi connectivity index (χ1) is 16.1. The molecule has 7 nitrogen and oxygen atoms in total. The van der Waals surface area contributed by atoms with Crippen LogP contribution in [0, 0.1) is 0 Å². The second-order valence-electron chi connectivity index (χ2n) is 7.20. The summed E-state index contributed by atoms with van der Waals surface area (Å²) in [6.07, 6.45) is -2.00. The molecule has 0 saturated carbocycles. The van der Waals surface area contributed by atoms with Gasteiger partial charge in [0.15, 0.2) is 0 Å². The average Bonchev–Trinajstić information content (AvgIpc) is 3.22. The van der Waals surface area contributed by atoms with Crippen LogP contribution in [0.5, 0.6) is 0 Å². The highest BCUT2D eigenvalue weighted by atomic mass is 32.1. The van der Waals surface area contributed by atoms with Crippen LogP contribution >= 0.6 is 11.5 Å². The number of carbonyl (C=O) groups is 1. The van der Waals surface area contributed by atoms with Crippen molar-refractivity contribution in [3.05, 3.63) is 86.7 Å². The molecule has 4 aromatic rings. The van der Waals surface area contributed by atoms with Crippen LogP contribution in [0.15, 0.2) is 64.2 Å². The van der Waals surface area contributed by atoms with E-state index in [4.69, 9.17) is 0 Å². The van der Waals surface area contributed by atoms with Crippen LogP contribution in [-0.4, -0.2) is 26.6 Å². The summed E-state index contributed by atoms with van der Waals surface area (Å²) in [5.74, 6) is -0.530. The van der Waals surface area contributed by atoms with Gasteiger partial charge in [-0.2, -0.15) is 17.5 Å². The van der Waals surface area contributed by atoms with Crippen molar-refractivity contribution in [1.29, 1.82) is 0 Å². The summed E-state index contributed by atoms with van der Waals surface area (Å²) in [5.41, 5.74) is -1.55. The van der Waals surface area contributed by atoms with E-state index >= 15 is 0 Å². The number of alkyl halides is 3. The minimum Gasteiger partial charge on any atom is -0.466 e. The van der Waals surface area contributed by atoms with Crippen molar-refractivity contribution in [3.63, 3.8) is 0 Å². The van der Waals surface area contributed by atoms with Crippen LogP contribution in [0.4, 0.5) is 13.2 Å². The van der Waals surface area contributed by atoms with Crippen molar-refractivity contribution in [2.75, 3.05) is 7.11 Å². The molecule has 0 bridgehead atoms. The fraction of sp³-hybridized carbons (Fsp3) is 0.130. The number of ether oxygens (including phenoxy) is 1. The summed E-state index contributed by atoms with van der Waals surface area (Å²) in [6, 6.07) is 12.2. The van der Waals surface area contributed by atoms with Crippen LogP contribution in [-0.2, 0) is 22.8 Å². The van der Waals surface area contributed by atoms with Gasteiger partial charge in [-0.25, -0.2) is 14.2 Å². The summed E-state index contributed by atoms with van der Waals surface area (Å²) in [5, 5.41) is 0.593. The number of benzene rings is 2. The van der Waals surface area contributed by atoms with Crippen molar-refractivity contribution in [2.24, 2.45) is 7.05 Å². The average molecular weight is 487 g/mol. The van der Waals surface area contributed by atoms with E-state index in [1.54, 1.807) is 36.4 Å². The second-order valence-corrected chi connectivity index (χ2v) is 8.00. The Bertz CT molecular complexity index is 1560. The number of fused-ring (bicyclic) bond motifs is 1. The van der Waals surface area contributed by atoms with Gasteiger partial charge in [-0.15, -0.1) is 0 Å². The third kappa shape index (κ3) is 4.17. The maximum Gasteiger partial charge on any atom is 0.431 e. The molecule has 0 atom stereocenters. The third-order valence-corrected chi connectivity index (χ3v) is 5.96. The van der Waals surface area contributed by atoms with Crippen LogP contribution in [0.2, 0.25) is 0 Å². The van der Waals surface area contributed by atoms with Gasteiger partial charge in [0.2, 0.25) is 0 Å². The topological polar surface area (TPSA) is 83.2 Å². The number of rotatable bonds is 4. The monoisotopic (exact) mass is 487 g/mol. The highest BCUT2D eigenvalue weighted by Crippen LogP contribution is 2.34. The van der Waals surface area contributed by atoms with E-state index < -0.39 is 29.1 Å². The lowest BCUT2D eigenvalue weighted by molar-refractivity contribution is -0.144. The number of methoxy groups -OCH3 is 1. The standard InChI is InChI=1S/C23H16F3N3O4S/c1-28-18(23(24,25)26)12-19(30)29(22(28)32)14-8-9-17-16(11-14)21(27-34-17)15-6-4-3-5-13(15)7-10-20(31)33-2/h3-12H,1-2H3. The Labute approximate surface area is 194 Å². The van der Waals surface area contributed by atoms with Gasteiger partial charge in [0.25, 0.3) is 5.56 Å². The summed E-state index contributed by atoms with van der Waals surface area (Å²) < 4.78 is 50.4. The predicted octanol–water partition coefficient (Wildman–Crippen LogP) is 4.02. The Hall–Kier alpha value is -3.99. The molecule has 0 spiro atoms. The van der Waals surface area contributed by atoms with Crippen LogP contribution in [0.1, 0.15) is 11.3 Å². The molecule has 0 radical (unpaired) electrons. The minimum atomic E-state index is -4.85. The maximum atomic E-state index is 13.2. The van der Waals surface area contributed by atoms with E-state index in [0.29, 0.717) is 37.4 Å². The molecular formula is C23H16F3N3O4S. The molecule has 0 amide bonds. The summed E-state index contributed by atoms with van der Waals surface area (Å²) in [6.45, 7) is 0. The third-order valence-electron chi connectivity index (χ3n) is 5.14. The highest BCUT2D eigenvalue weighted by molar-refractivity contribution is 7.13. The Morgan fingerprint density at radius 2 is 1.85 bits per heavy atom. The first-order valence-electron chi connectivity index (χ1n) is 9.77. The molecule has 0 N–H and O–H groups in total. The largest absolute Gasteiger partial charge is 0.466 e. The summed E-state index contributed by atoms with van der Waals surface area (Å²) >= 11 is 1.18. The van der Waals surface area contributed by atoms with E-state index in [0.717, 1.165) is 11.7 Å². The molecule has 0 aliphatic rings. The van der Waals surface area contributed by atoms with Crippen molar-refractivity contribution in [1.82, 2.24) is 13.5 Å². The van der Waals surface area contributed by atoms with Gasteiger partial charge < -0.3 is 4.74 Å². The summed E-state index contributed by atoms with van der Waals surface area (Å²) in [4.78, 5) is 36.7. The van der Waals surface area contributed by atoms with Gasteiger partial charge >= 0.3 is 17.8 Å². The van der Waals surface area contributed by atoms with Crippen molar-refractivity contribution >= 4 is 33.7 Å². The highest BCUT2D eigenvalue weighted by Gasteiger charge is 2.35. The molecule has 174 valence electrons. The number of halogens is 3. The lowest BCUT2D eigenvalue weighted by atomic mass is 10.0. The van der Waals surface area contributed by atoms with E-state index in [1.165, 1.54) is 36.9 Å². The number of hydrogen-bond donors (Lipinski definition) is 0. The quantitative estimate of drug-likeness (QED) is 0.321. The number of esters is 1. The Balaban J connectivity index is 1.90. The Morgan fingerprint density at radius 1 is 1.12 bits per heavy atom. The first kappa shape index (κ1) is 23.2. The van der Waals surface area contributed by atoms with Crippen molar-refractivity contribution < 1.29 is 22.7 Å². The number of hydrogen-bond acceptors (Lipinski definition) is 6. The molecule has 11 heteroatoms. The molecule has 4 rings (SSSR count). The Morgan fingerprint density at radius 3 is 2.56 bits per heavy atom. The van der Waals surface area contributed by atoms with Gasteiger partial charge in [0.05, 0.1) is 23.2 Å². The SMILES string of the molecule is COC(=O)C=Cc1ccccc1-c1nsc2ccc(-n3c(=O)cc(C(F)(F)F)n(C)c3=O)cc12. The molecule has 2 aromatic carbocycles. The van der Waals surface area contributed by atoms with Crippen LogP contribution in [0.25, 0.3) is 33.1 Å². The molecule has 0 unspecified atom stereocenters. The van der Waals surface area contributed by atoms with Crippen molar-refractivity contribution in [2.45, 2.75) is 6.18 Å². The Kier molecular flexibility index (Phi) is 5.96. The molecular weight excluding hydrogens is 471 g/mol.